The topological polar surface area (TPSA) is 59.9 Å². The van der Waals surface area contributed by atoms with Crippen LogP contribution in [0, 0.1) is 0 Å². The summed E-state index contributed by atoms with van der Waals surface area (Å²) < 4.78 is 11.1. The van der Waals surface area contributed by atoms with Gasteiger partial charge in [0.1, 0.15) is 13.2 Å². The molecule has 0 atom stereocenters. The molecule has 1 aromatic carbocycles. The molecule has 1 saturated heterocycles. The highest BCUT2D eigenvalue weighted by atomic mass is 35.5. The van der Waals surface area contributed by atoms with E-state index in [9.17, 15) is 4.79 Å². The van der Waals surface area contributed by atoms with Gasteiger partial charge in [0, 0.05) is 0 Å². The van der Waals surface area contributed by atoms with Crippen LogP contribution in [-0.4, -0.2) is 30.3 Å². The average Bonchev–Trinajstić information content (AvgIpc) is 2.95. The number of amides is 1. The summed E-state index contributed by atoms with van der Waals surface area (Å²) >= 11 is 7.65. The molecule has 4 rings (SSSR count). The zero-order chi connectivity index (χ0) is 17.2. The molecule has 2 aliphatic heterocycles. The van der Waals surface area contributed by atoms with Crippen LogP contribution in [0.1, 0.15) is 37.7 Å². The van der Waals surface area contributed by atoms with Crippen molar-refractivity contribution in [3.63, 3.8) is 0 Å². The van der Waals surface area contributed by atoms with E-state index in [0.29, 0.717) is 45.9 Å². The van der Waals surface area contributed by atoms with Gasteiger partial charge in [-0.2, -0.15) is 0 Å². The Morgan fingerprint density at radius 3 is 2.84 bits per heavy atom. The molecule has 132 valence electrons. The predicted molar refractivity (Wildman–Crippen MR) is 100 cm³/mol. The maximum absolute atomic E-state index is 12.2. The van der Waals surface area contributed by atoms with Crippen LogP contribution < -0.4 is 14.8 Å². The summed E-state index contributed by atoms with van der Waals surface area (Å²) in [4.78, 5) is 17.5. The van der Waals surface area contributed by atoms with Gasteiger partial charge < -0.3 is 14.8 Å². The van der Waals surface area contributed by atoms with Crippen LogP contribution in [0.25, 0.3) is 6.08 Å². The highest BCUT2D eigenvalue weighted by molar-refractivity contribution is 8.18. The Kier molecular flexibility index (Phi) is 4.90. The third kappa shape index (κ3) is 3.80. The number of carbonyl (C=O) groups excluding carboxylic acids is 1. The predicted octanol–water partition coefficient (Wildman–Crippen LogP) is 4.00. The smallest absolute Gasteiger partial charge is 0.264 e. The van der Waals surface area contributed by atoms with Crippen molar-refractivity contribution in [1.29, 1.82) is 0 Å². The lowest BCUT2D eigenvalue weighted by Crippen LogP contribution is -2.22. The van der Waals surface area contributed by atoms with E-state index in [2.05, 4.69) is 5.32 Å². The maximum atomic E-state index is 12.2. The quantitative estimate of drug-likeness (QED) is 0.790. The molecule has 0 aromatic heterocycles. The summed E-state index contributed by atoms with van der Waals surface area (Å²) in [5.41, 5.74) is 0.811. The molecule has 7 heteroatoms. The van der Waals surface area contributed by atoms with Gasteiger partial charge in [-0.1, -0.05) is 30.9 Å². The fraction of sp³-hybridized carbons (Fsp3) is 0.444. The van der Waals surface area contributed by atoms with Crippen molar-refractivity contribution in [1.82, 2.24) is 5.32 Å². The van der Waals surface area contributed by atoms with Crippen LogP contribution >= 0.6 is 23.4 Å². The number of ether oxygens (including phenoxy) is 2. The van der Waals surface area contributed by atoms with Crippen molar-refractivity contribution in [2.75, 3.05) is 13.2 Å². The average molecular weight is 379 g/mol. The van der Waals surface area contributed by atoms with Crippen molar-refractivity contribution < 1.29 is 14.3 Å². The molecule has 0 spiro atoms. The fourth-order valence-electron chi connectivity index (χ4n) is 3.23. The van der Waals surface area contributed by atoms with Crippen LogP contribution in [0.4, 0.5) is 0 Å². The van der Waals surface area contributed by atoms with Crippen LogP contribution in [0.15, 0.2) is 22.0 Å². The molecule has 2 fully saturated rings. The zero-order valence-corrected chi connectivity index (χ0v) is 15.3. The van der Waals surface area contributed by atoms with Gasteiger partial charge in [0.15, 0.2) is 16.7 Å². The van der Waals surface area contributed by atoms with Gasteiger partial charge in [0.25, 0.3) is 5.91 Å². The number of halogens is 1. The lowest BCUT2D eigenvalue weighted by Gasteiger charge is -2.19. The molecule has 1 amide bonds. The van der Waals surface area contributed by atoms with Crippen molar-refractivity contribution in [3.8, 4) is 11.5 Å². The monoisotopic (exact) mass is 378 g/mol. The molecule has 2 heterocycles. The van der Waals surface area contributed by atoms with Crippen molar-refractivity contribution in [3.05, 3.63) is 27.6 Å². The molecule has 1 aliphatic carbocycles. The first-order valence-electron chi connectivity index (χ1n) is 8.57. The summed E-state index contributed by atoms with van der Waals surface area (Å²) in [7, 11) is 0. The van der Waals surface area contributed by atoms with Crippen molar-refractivity contribution >= 4 is 40.5 Å². The molecule has 1 N–H and O–H groups in total. The number of amidine groups is 1. The van der Waals surface area contributed by atoms with Crippen LogP contribution in [0.3, 0.4) is 0 Å². The Hall–Kier alpha value is -1.66. The van der Waals surface area contributed by atoms with Gasteiger partial charge in [-0.05, 0) is 48.4 Å². The largest absolute Gasteiger partial charge is 0.486 e. The molecule has 1 saturated carbocycles. The zero-order valence-electron chi connectivity index (χ0n) is 13.7. The number of benzene rings is 1. The number of nitrogens with zero attached hydrogens (tertiary/aromatic N) is 1. The number of aliphatic imine (C=N–C) groups is 1. The van der Waals surface area contributed by atoms with Crippen LogP contribution in [0.5, 0.6) is 11.5 Å². The van der Waals surface area contributed by atoms with Crippen LogP contribution in [-0.2, 0) is 4.79 Å². The molecule has 0 radical (unpaired) electrons. The van der Waals surface area contributed by atoms with Crippen LogP contribution in [0.2, 0.25) is 5.02 Å². The summed E-state index contributed by atoms with van der Waals surface area (Å²) in [6.45, 7) is 0.989. The van der Waals surface area contributed by atoms with E-state index in [1.807, 2.05) is 12.1 Å². The van der Waals surface area contributed by atoms with Gasteiger partial charge in [-0.15, -0.1) is 0 Å². The number of nitrogens with one attached hydrogen (secondary N) is 1. The van der Waals surface area contributed by atoms with E-state index in [1.54, 1.807) is 6.07 Å². The molecular formula is C18H19ClN2O3S. The van der Waals surface area contributed by atoms with E-state index < -0.39 is 0 Å². The SMILES string of the molecule is O=C1NC(=NC2CCCCC2)S/C1=C\c1cc(Cl)c2c(c1)OCCO2. The van der Waals surface area contributed by atoms with Gasteiger partial charge in [-0.25, -0.2) is 0 Å². The molecule has 0 bridgehead atoms. The number of hydrogen-bond donors (Lipinski definition) is 1. The second-order valence-electron chi connectivity index (χ2n) is 6.32. The fourth-order valence-corrected chi connectivity index (χ4v) is 4.40. The molecule has 25 heavy (non-hydrogen) atoms. The summed E-state index contributed by atoms with van der Waals surface area (Å²) in [5.74, 6) is 1.06. The number of rotatable bonds is 2. The number of hydrogen-bond acceptors (Lipinski definition) is 5. The van der Waals surface area contributed by atoms with E-state index in [0.717, 1.165) is 18.4 Å². The van der Waals surface area contributed by atoms with E-state index in [4.69, 9.17) is 26.1 Å². The first-order valence-corrected chi connectivity index (χ1v) is 9.76. The minimum Gasteiger partial charge on any atom is -0.486 e. The van der Waals surface area contributed by atoms with E-state index in [-0.39, 0.29) is 5.91 Å². The Morgan fingerprint density at radius 2 is 2.00 bits per heavy atom. The van der Waals surface area contributed by atoms with E-state index in [1.165, 1.54) is 31.0 Å². The first kappa shape index (κ1) is 16.8. The van der Waals surface area contributed by atoms with Crippen molar-refractivity contribution in [2.45, 2.75) is 38.1 Å². The summed E-state index contributed by atoms with van der Waals surface area (Å²) in [6, 6.07) is 3.96. The second-order valence-corrected chi connectivity index (χ2v) is 7.76. The number of thioether (sulfide) groups is 1. The maximum Gasteiger partial charge on any atom is 0.264 e. The first-order chi connectivity index (χ1) is 12.2. The van der Waals surface area contributed by atoms with Gasteiger partial charge in [-0.3, -0.25) is 9.79 Å². The lowest BCUT2D eigenvalue weighted by atomic mass is 9.96. The van der Waals surface area contributed by atoms with Gasteiger partial charge >= 0.3 is 0 Å². The third-order valence-corrected chi connectivity index (χ3v) is 5.65. The summed E-state index contributed by atoms with van der Waals surface area (Å²) in [6.07, 6.45) is 7.76. The third-order valence-electron chi connectivity index (χ3n) is 4.44. The number of carbonyl (C=O) groups is 1. The minimum absolute atomic E-state index is 0.120. The number of fused-ring (bicyclic) bond motifs is 1. The Labute approximate surface area is 155 Å². The molecule has 3 aliphatic rings. The Bertz CT molecular complexity index is 757. The van der Waals surface area contributed by atoms with Gasteiger partial charge in [0.2, 0.25) is 0 Å². The molecular weight excluding hydrogens is 360 g/mol. The highest BCUT2D eigenvalue weighted by Gasteiger charge is 2.26. The standard InChI is InChI=1S/C18H19ClN2O3S/c19-13-8-11(9-14-16(13)24-7-6-23-14)10-15-17(22)21-18(25-15)20-12-4-2-1-3-5-12/h8-10,12H,1-7H2,(H,20,21,22)/b15-10-. The van der Waals surface area contributed by atoms with Gasteiger partial charge in [0.05, 0.1) is 16.0 Å². The van der Waals surface area contributed by atoms with Crippen molar-refractivity contribution in [2.24, 2.45) is 4.99 Å². The Morgan fingerprint density at radius 1 is 1.20 bits per heavy atom. The van der Waals surface area contributed by atoms with E-state index >= 15 is 0 Å². The molecule has 0 unspecified atom stereocenters. The second kappa shape index (κ2) is 7.30. The molecule has 5 nitrogen and oxygen atoms in total. The highest BCUT2D eigenvalue weighted by Crippen LogP contribution is 2.39. The normalized spacial score (nSPS) is 24.0. The Balaban J connectivity index is 1.54. The molecule has 1 aromatic rings. The summed E-state index contributed by atoms with van der Waals surface area (Å²) in [5, 5.41) is 4.06. The lowest BCUT2D eigenvalue weighted by molar-refractivity contribution is -0.115. The minimum atomic E-state index is -0.120.